The highest BCUT2D eigenvalue weighted by molar-refractivity contribution is 6.06. The molecule has 33 heavy (non-hydrogen) atoms. The lowest BCUT2D eigenvalue weighted by molar-refractivity contribution is -0.136. The Morgan fingerprint density at radius 2 is 1.76 bits per heavy atom. The van der Waals surface area contributed by atoms with Gasteiger partial charge in [0.25, 0.3) is 11.8 Å². The molecule has 0 radical (unpaired) electrons. The highest BCUT2D eigenvalue weighted by Crippen LogP contribution is 2.31. The molecule has 2 atom stereocenters. The van der Waals surface area contributed by atoms with Crippen molar-refractivity contribution >= 4 is 23.6 Å². The smallest absolute Gasteiger partial charge is 0.255 e. The standard InChI is InChI=1S/C26H27N3O4/c1-15(2)22-12-16-5-3-4-6-18(16)13-29(22)25(32)17-7-8-20-19(11-17)14-28(26(20)33)21-9-10-23(30)27-24(21)31/h3-8,11,15,21-22H,9-10,12-14H2,1-2H3,(H,27,30,31)/t21?,22-/m0/s1. The van der Waals surface area contributed by atoms with Crippen LogP contribution in [0.15, 0.2) is 42.5 Å². The van der Waals surface area contributed by atoms with Crippen molar-refractivity contribution < 1.29 is 19.2 Å². The molecule has 0 saturated carbocycles. The maximum Gasteiger partial charge on any atom is 0.255 e. The molecule has 1 saturated heterocycles. The van der Waals surface area contributed by atoms with Gasteiger partial charge in [-0.25, -0.2) is 0 Å². The van der Waals surface area contributed by atoms with E-state index in [2.05, 4.69) is 31.3 Å². The summed E-state index contributed by atoms with van der Waals surface area (Å²) in [7, 11) is 0. The molecule has 7 nitrogen and oxygen atoms in total. The van der Waals surface area contributed by atoms with Gasteiger partial charge in [-0.1, -0.05) is 38.1 Å². The zero-order chi connectivity index (χ0) is 23.3. The Kier molecular flexibility index (Phi) is 5.27. The predicted octanol–water partition coefficient (Wildman–Crippen LogP) is 2.67. The summed E-state index contributed by atoms with van der Waals surface area (Å²) < 4.78 is 0. The van der Waals surface area contributed by atoms with Gasteiger partial charge in [-0.05, 0) is 53.6 Å². The number of amides is 4. The lowest BCUT2D eigenvalue weighted by Crippen LogP contribution is -2.52. The van der Waals surface area contributed by atoms with Crippen LogP contribution in [0, 0.1) is 5.92 Å². The zero-order valence-electron chi connectivity index (χ0n) is 18.8. The fourth-order valence-electron chi connectivity index (χ4n) is 5.24. The van der Waals surface area contributed by atoms with Gasteiger partial charge in [0.1, 0.15) is 6.04 Å². The number of carbonyl (C=O) groups is 4. The van der Waals surface area contributed by atoms with Gasteiger partial charge in [-0.15, -0.1) is 0 Å². The molecular formula is C26H27N3O4. The topological polar surface area (TPSA) is 86.8 Å². The summed E-state index contributed by atoms with van der Waals surface area (Å²) in [5.41, 5.74) is 4.27. The first-order chi connectivity index (χ1) is 15.8. The van der Waals surface area contributed by atoms with E-state index in [0.29, 0.717) is 30.0 Å². The van der Waals surface area contributed by atoms with Crippen LogP contribution in [0.3, 0.4) is 0 Å². The minimum Gasteiger partial charge on any atom is -0.331 e. The number of nitrogens with one attached hydrogen (secondary N) is 1. The SMILES string of the molecule is CC(C)[C@@H]1Cc2ccccc2CN1C(=O)c1ccc2c(c1)CN(C1CCC(=O)NC1=O)C2=O. The number of fused-ring (bicyclic) bond motifs is 2. The van der Waals surface area contributed by atoms with E-state index in [1.807, 2.05) is 17.0 Å². The van der Waals surface area contributed by atoms with Gasteiger partial charge in [0, 0.05) is 36.7 Å². The monoisotopic (exact) mass is 445 g/mol. The van der Waals surface area contributed by atoms with Crippen LogP contribution in [0.4, 0.5) is 0 Å². The van der Waals surface area contributed by atoms with Crippen LogP contribution < -0.4 is 5.32 Å². The van der Waals surface area contributed by atoms with E-state index in [9.17, 15) is 19.2 Å². The number of benzene rings is 2. The van der Waals surface area contributed by atoms with Crippen LogP contribution in [-0.4, -0.2) is 45.5 Å². The molecule has 2 aromatic carbocycles. The second-order valence-electron chi connectivity index (χ2n) is 9.49. The van der Waals surface area contributed by atoms with E-state index < -0.39 is 11.9 Å². The Balaban J connectivity index is 1.40. The van der Waals surface area contributed by atoms with E-state index in [-0.39, 0.29) is 36.7 Å². The summed E-state index contributed by atoms with van der Waals surface area (Å²) in [4.78, 5) is 53.8. The van der Waals surface area contributed by atoms with E-state index in [4.69, 9.17) is 0 Å². The predicted molar refractivity (Wildman–Crippen MR) is 121 cm³/mol. The first-order valence-corrected chi connectivity index (χ1v) is 11.5. The summed E-state index contributed by atoms with van der Waals surface area (Å²) >= 11 is 0. The molecule has 0 aromatic heterocycles. The van der Waals surface area contributed by atoms with E-state index in [1.165, 1.54) is 16.0 Å². The van der Waals surface area contributed by atoms with Gasteiger partial charge in [0.05, 0.1) is 0 Å². The van der Waals surface area contributed by atoms with Crippen LogP contribution >= 0.6 is 0 Å². The number of rotatable bonds is 3. The molecule has 1 unspecified atom stereocenters. The van der Waals surface area contributed by atoms with E-state index >= 15 is 0 Å². The van der Waals surface area contributed by atoms with Crippen LogP contribution in [0.5, 0.6) is 0 Å². The molecular weight excluding hydrogens is 418 g/mol. The molecule has 0 aliphatic carbocycles. The minimum atomic E-state index is -0.661. The summed E-state index contributed by atoms with van der Waals surface area (Å²) in [6.45, 7) is 5.10. The third-order valence-electron chi connectivity index (χ3n) is 7.09. The van der Waals surface area contributed by atoms with Crippen molar-refractivity contribution in [2.45, 2.75) is 58.3 Å². The van der Waals surface area contributed by atoms with Crippen molar-refractivity contribution in [3.8, 4) is 0 Å². The lowest BCUT2D eigenvalue weighted by Gasteiger charge is -2.39. The number of hydrogen-bond acceptors (Lipinski definition) is 4. The number of imide groups is 1. The van der Waals surface area contributed by atoms with Crippen molar-refractivity contribution in [1.29, 1.82) is 0 Å². The Morgan fingerprint density at radius 1 is 1.00 bits per heavy atom. The second kappa shape index (κ2) is 8.14. The van der Waals surface area contributed by atoms with Crippen LogP contribution in [-0.2, 0) is 29.1 Å². The maximum absolute atomic E-state index is 13.6. The normalized spacial score (nSPS) is 22.3. The fourth-order valence-corrected chi connectivity index (χ4v) is 5.24. The average Bonchev–Trinajstić information content (AvgIpc) is 3.13. The van der Waals surface area contributed by atoms with Crippen molar-refractivity contribution in [3.63, 3.8) is 0 Å². The third-order valence-corrected chi connectivity index (χ3v) is 7.09. The molecule has 3 aliphatic rings. The van der Waals surface area contributed by atoms with Gasteiger partial charge < -0.3 is 9.80 Å². The molecule has 1 N–H and O–H groups in total. The van der Waals surface area contributed by atoms with Gasteiger partial charge >= 0.3 is 0 Å². The quantitative estimate of drug-likeness (QED) is 0.736. The number of hydrogen-bond donors (Lipinski definition) is 1. The lowest BCUT2D eigenvalue weighted by atomic mass is 9.87. The summed E-state index contributed by atoms with van der Waals surface area (Å²) in [5, 5.41) is 2.32. The third kappa shape index (κ3) is 3.71. The van der Waals surface area contributed by atoms with Crippen molar-refractivity contribution in [2.24, 2.45) is 5.92 Å². The van der Waals surface area contributed by atoms with Crippen LogP contribution in [0.1, 0.15) is 64.1 Å². The van der Waals surface area contributed by atoms with Crippen molar-refractivity contribution in [1.82, 2.24) is 15.1 Å². The minimum absolute atomic E-state index is 0.0436. The molecule has 4 amide bonds. The number of carbonyl (C=O) groups excluding carboxylic acids is 4. The van der Waals surface area contributed by atoms with Crippen LogP contribution in [0.25, 0.3) is 0 Å². The largest absolute Gasteiger partial charge is 0.331 e. The molecule has 1 fully saturated rings. The van der Waals surface area contributed by atoms with E-state index in [1.54, 1.807) is 18.2 Å². The van der Waals surface area contributed by atoms with Gasteiger partial charge in [0.15, 0.2) is 0 Å². The maximum atomic E-state index is 13.6. The average molecular weight is 446 g/mol. The second-order valence-corrected chi connectivity index (χ2v) is 9.49. The molecule has 7 heteroatoms. The number of piperidine rings is 1. The van der Waals surface area contributed by atoms with Crippen LogP contribution in [0.2, 0.25) is 0 Å². The first kappa shape index (κ1) is 21.4. The molecule has 2 aromatic rings. The Bertz CT molecular complexity index is 1170. The molecule has 170 valence electrons. The van der Waals surface area contributed by atoms with Gasteiger partial charge in [0.2, 0.25) is 11.8 Å². The summed E-state index contributed by atoms with van der Waals surface area (Å²) in [6, 6.07) is 12.9. The molecule has 5 rings (SSSR count). The zero-order valence-corrected chi connectivity index (χ0v) is 18.8. The molecule has 3 aliphatic heterocycles. The first-order valence-electron chi connectivity index (χ1n) is 11.5. The summed E-state index contributed by atoms with van der Waals surface area (Å²) in [6.07, 6.45) is 1.36. The van der Waals surface area contributed by atoms with Crippen molar-refractivity contribution in [2.75, 3.05) is 0 Å². The van der Waals surface area contributed by atoms with E-state index in [0.717, 1.165) is 12.0 Å². The van der Waals surface area contributed by atoms with Crippen molar-refractivity contribution in [3.05, 3.63) is 70.3 Å². The highest BCUT2D eigenvalue weighted by Gasteiger charge is 2.40. The highest BCUT2D eigenvalue weighted by atomic mass is 16.2. The molecule has 3 heterocycles. The van der Waals surface area contributed by atoms with Gasteiger partial charge in [-0.2, -0.15) is 0 Å². The molecule has 0 spiro atoms. The Hall–Kier alpha value is -3.48. The fraction of sp³-hybridized carbons (Fsp3) is 0.385. The molecule has 0 bridgehead atoms. The number of nitrogens with zero attached hydrogens (tertiary/aromatic N) is 2. The Labute approximate surface area is 192 Å². The Morgan fingerprint density at radius 3 is 2.48 bits per heavy atom. The summed E-state index contributed by atoms with van der Waals surface area (Å²) in [5.74, 6) is -0.712. The van der Waals surface area contributed by atoms with Gasteiger partial charge in [-0.3, -0.25) is 24.5 Å².